The number of amides is 2. The number of rotatable bonds is 6. The number of carbonyl (C=O) groups is 1. The highest BCUT2D eigenvalue weighted by atomic mass is 35.5. The number of anilines is 2. The maximum atomic E-state index is 12.9. The number of carbonyl (C=O) groups excluding carboxylic acids is 1. The third-order valence-electron chi connectivity index (χ3n) is 6.22. The Balaban J connectivity index is 1.13. The number of hydrogen-bond acceptors (Lipinski definition) is 7. The molecule has 2 aliphatic rings. The molecule has 2 aromatic carbocycles. The van der Waals surface area contributed by atoms with Crippen molar-refractivity contribution in [3.63, 3.8) is 0 Å². The molecule has 2 amide bonds. The van der Waals surface area contributed by atoms with Crippen LogP contribution in [0.3, 0.4) is 0 Å². The number of sulfonamides is 1. The smallest absolute Gasteiger partial charge is 0.335 e. The molecule has 2 aliphatic heterocycles. The van der Waals surface area contributed by atoms with Gasteiger partial charge in [-0.05, 0) is 30.2 Å². The average molecular weight is 513 g/mol. The van der Waals surface area contributed by atoms with Crippen molar-refractivity contribution < 1.29 is 13.2 Å². The largest absolute Gasteiger partial charge is 0.338 e. The number of benzene rings is 2. The number of hydrogen-bond donors (Lipinski definition) is 1. The molecular formula is C24H25ClN6O3S. The molecule has 3 aromatic rings. The molecule has 0 bridgehead atoms. The minimum absolute atomic E-state index is 0.0245. The van der Waals surface area contributed by atoms with Crippen molar-refractivity contribution in [2.45, 2.75) is 11.3 Å². The lowest BCUT2D eigenvalue weighted by atomic mass is 10.1. The molecule has 5 rings (SSSR count). The van der Waals surface area contributed by atoms with Gasteiger partial charge in [0.05, 0.1) is 5.69 Å². The highest BCUT2D eigenvalue weighted by Crippen LogP contribution is 2.32. The van der Waals surface area contributed by atoms with Crippen LogP contribution in [0.15, 0.2) is 65.8 Å². The molecule has 0 atom stereocenters. The highest BCUT2D eigenvalue weighted by molar-refractivity contribution is 7.90. The molecule has 1 saturated heterocycles. The summed E-state index contributed by atoms with van der Waals surface area (Å²) in [5.74, 6) is 0.706. The molecule has 9 nitrogen and oxygen atoms in total. The topological polar surface area (TPSA) is 98.7 Å². The summed E-state index contributed by atoms with van der Waals surface area (Å²) in [6.45, 7) is 3.95. The summed E-state index contributed by atoms with van der Waals surface area (Å²) in [6.07, 6.45) is 4.23. The lowest BCUT2D eigenvalue weighted by Crippen LogP contribution is -2.48. The monoisotopic (exact) mass is 512 g/mol. The number of nitrogens with zero attached hydrogens (tertiary/aromatic N) is 5. The molecule has 0 radical (unpaired) electrons. The molecule has 11 heteroatoms. The summed E-state index contributed by atoms with van der Waals surface area (Å²) < 4.78 is 26.8. The van der Waals surface area contributed by atoms with E-state index in [1.165, 1.54) is 12.1 Å². The Bertz CT molecular complexity index is 1310. The first kappa shape index (κ1) is 23.5. The minimum atomic E-state index is -3.93. The van der Waals surface area contributed by atoms with Gasteiger partial charge in [0.1, 0.15) is 4.90 Å². The minimum Gasteiger partial charge on any atom is -0.338 e. The van der Waals surface area contributed by atoms with E-state index >= 15 is 0 Å². The zero-order valence-electron chi connectivity index (χ0n) is 19.0. The first-order valence-electron chi connectivity index (χ1n) is 11.4. The van der Waals surface area contributed by atoms with Gasteiger partial charge in [0.15, 0.2) is 0 Å². The first-order chi connectivity index (χ1) is 16.9. The molecule has 0 saturated carbocycles. The van der Waals surface area contributed by atoms with Crippen molar-refractivity contribution in [2.24, 2.45) is 0 Å². The zero-order chi connectivity index (χ0) is 24.4. The van der Waals surface area contributed by atoms with E-state index in [9.17, 15) is 13.2 Å². The fourth-order valence-electron chi connectivity index (χ4n) is 4.31. The molecule has 0 unspecified atom stereocenters. The third-order valence-corrected chi connectivity index (χ3v) is 8.27. The van der Waals surface area contributed by atoms with Crippen LogP contribution in [0, 0.1) is 0 Å². The van der Waals surface area contributed by atoms with E-state index in [1.807, 2.05) is 42.7 Å². The molecule has 0 aliphatic carbocycles. The van der Waals surface area contributed by atoms with Crippen LogP contribution in [0.5, 0.6) is 0 Å². The van der Waals surface area contributed by atoms with Crippen LogP contribution in [-0.4, -0.2) is 72.9 Å². The summed E-state index contributed by atoms with van der Waals surface area (Å²) in [7, 11) is -3.93. The van der Waals surface area contributed by atoms with E-state index < -0.39 is 16.1 Å². The fraction of sp³-hybridized carbons (Fsp3) is 0.292. The standard InChI is InChI=1S/C24H25ClN6O3S/c25-20-7-8-21-22(15-20)35(33,34)31(24(32)28-21)10-4-9-29-11-13-30(14-12-29)23-26-16-19(17-27-23)18-5-2-1-3-6-18/h1-3,5-8,15-17H,4,9-14H2,(H,28,32). The predicted molar refractivity (Wildman–Crippen MR) is 135 cm³/mol. The Kier molecular flexibility index (Phi) is 6.59. The van der Waals surface area contributed by atoms with E-state index in [1.54, 1.807) is 6.07 Å². The van der Waals surface area contributed by atoms with Gasteiger partial charge in [0.2, 0.25) is 5.95 Å². The Morgan fingerprint density at radius 2 is 1.63 bits per heavy atom. The van der Waals surface area contributed by atoms with E-state index in [-0.39, 0.29) is 17.1 Å². The van der Waals surface area contributed by atoms with Gasteiger partial charge in [-0.2, -0.15) is 0 Å². The zero-order valence-corrected chi connectivity index (χ0v) is 20.5. The van der Waals surface area contributed by atoms with Gasteiger partial charge in [0, 0.05) is 62.2 Å². The quantitative estimate of drug-likeness (QED) is 0.539. The van der Waals surface area contributed by atoms with Crippen LogP contribution in [0.25, 0.3) is 11.1 Å². The van der Waals surface area contributed by atoms with Gasteiger partial charge in [-0.1, -0.05) is 41.9 Å². The number of nitrogens with one attached hydrogen (secondary N) is 1. The van der Waals surface area contributed by atoms with Crippen molar-refractivity contribution in [1.82, 2.24) is 19.2 Å². The predicted octanol–water partition coefficient (Wildman–Crippen LogP) is 3.55. The number of halogens is 1. The van der Waals surface area contributed by atoms with Crippen LogP contribution in [0.4, 0.5) is 16.4 Å². The van der Waals surface area contributed by atoms with Gasteiger partial charge in [-0.25, -0.2) is 27.5 Å². The molecule has 1 N–H and O–H groups in total. The van der Waals surface area contributed by atoms with E-state index in [4.69, 9.17) is 11.6 Å². The number of piperazine rings is 1. The highest BCUT2D eigenvalue weighted by Gasteiger charge is 2.36. The van der Waals surface area contributed by atoms with Crippen LogP contribution >= 0.6 is 11.6 Å². The van der Waals surface area contributed by atoms with Gasteiger partial charge in [0.25, 0.3) is 10.0 Å². The number of aromatic nitrogens is 2. The van der Waals surface area contributed by atoms with Crippen LogP contribution in [-0.2, 0) is 10.0 Å². The van der Waals surface area contributed by atoms with E-state index in [0.717, 1.165) is 41.6 Å². The molecule has 35 heavy (non-hydrogen) atoms. The van der Waals surface area contributed by atoms with Crippen molar-refractivity contribution in [1.29, 1.82) is 0 Å². The van der Waals surface area contributed by atoms with Crippen LogP contribution < -0.4 is 10.2 Å². The van der Waals surface area contributed by atoms with Crippen LogP contribution in [0.1, 0.15) is 6.42 Å². The van der Waals surface area contributed by atoms with E-state index in [0.29, 0.717) is 23.9 Å². The molecule has 182 valence electrons. The maximum absolute atomic E-state index is 12.9. The normalized spacial score (nSPS) is 17.7. The summed E-state index contributed by atoms with van der Waals surface area (Å²) in [4.78, 5) is 25.9. The molecule has 1 fully saturated rings. The van der Waals surface area contributed by atoms with Gasteiger partial charge < -0.3 is 10.2 Å². The summed E-state index contributed by atoms with van der Waals surface area (Å²) in [5, 5.41) is 2.94. The number of fused-ring (bicyclic) bond motifs is 1. The van der Waals surface area contributed by atoms with Gasteiger partial charge in [-0.3, -0.25) is 4.90 Å². The van der Waals surface area contributed by atoms with Gasteiger partial charge in [-0.15, -0.1) is 0 Å². The maximum Gasteiger partial charge on any atom is 0.335 e. The SMILES string of the molecule is O=C1Nc2ccc(Cl)cc2S(=O)(=O)N1CCCN1CCN(c2ncc(-c3ccccc3)cn2)CC1. The average Bonchev–Trinajstić information content (AvgIpc) is 2.88. The summed E-state index contributed by atoms with van der Waals surface area (Å²) >= 11 is 5.97. The van der Waals surface area contributed by atoms with Crippen molar-refractivity contribution in [3.8, 4) is 11.1 Å². The van der Waals surface area contributed by atoms with Gasteiger partial charge >= 0.3 is 6.03 Å². The van der Waals surface area contributed by atoms with Crippen molar-refractivity contribution in [3.05, 3.63) is 65.9 Å². The van der Waals surface area contributed by atoms with E-state index in [2.05, 4.69) is 25.1 Å². The Labute approximate surface area is 209 Å². The molecule has 3 heterocycles. The number of urea groups is 1. The van der Waals surface area contributed by atoms with Crippen molar-refractivity contribution in [2.75, 3.05) is 49.5 Å². The van der Waals surface area contributed by atoms with Crippen molar-refractivity contribution >= 4 is 39.3 Å². The summed E-state index contributed by atoms with van der Waals surface area (Å²) in [5.41, 5.74) is 2.32. The molecular weight excluding hydrogens is 488 g/mol. The molecule has 1 aromatic heterocycles. The fourth-order valence-corrected chi connectivity index (χ4v) is 6.09. The first-order valence-corrected chi connectivity index (χ1v) is 13.2. The Morgan fingerprint density at radius 3 is 2.34 bits per heavy atom. The third kappa shape index (κ3) is 4.95. The van der Waals surface area contributed by atoms with Crippen LogP contribution in [0.2, 0.25) is 5.02 Å². The lowest BCUT2D eigenvalue weighted by Gasteiger charge is -2.35. The Morgan fingerprint density at radius 1 is 0.914 bits per heavy atom. The summed E-state index contributed by atoms with van der Waals surface area (Å²) in [6, 6.07) is 13.8. The second-order valence-corrected chi connectivity index (χ2v) is 10.7. The lowest BCUT2D eigenvalue weighted by molar-refractivity contribution is 0.225. The second-order valence-electron chi connectivity index (χ2n) is 8.47. The Hall–Kier alpha value is -3.21. The second kappa shape index (κ2) is 9.80. The molecule has 0 spiro atoms.